The zero-order valence-corrected chi connectivity index (χ0v) is 13.3. The molecule has 1 aliphatic rings. The van der Waals surface area contributed by atoms with E-state index in [4.69, 9.17) is 9.26 Å². The van der Waals surface area contributed by atoms with Gasteiger partial charge >= 0.3 is 0 Å². The van der Waals surface area contributed by atoms with Crippen LogP contribution >= 0.6 is 0 Å². The zero-order valence-electron chi connectivity index (χ0n) is 13.3. The lowest BCUT2D eigenvalue weighted by atomic mass is 10.1. The van der Waals surface area contributed by atoms with Crippen molar-refractivity contribution in [3.8, 4) is 11.6 Å². The van der Waals surface area contributed by atoms with Gasteiger partial charge in [-0.05, 0) is 17.7 Å². The highest BCUT2D eigenvalue weighted by molar-refractivity contribution is 5.49. The average Bonchev–Trinajstić information content (AvgIpc) is 3.21. The average molecular weight is 329 g/mol. The molecule has 1 aromatic carbocycles. The van der Waals surface area contributed by atoms with E-state index in [9.17, 15) is 4.39 Å². The van der Waals surface area contributed by atoms with E-state index in [2.05, 4.69) is 20.5 Å². The summed E-state index contributed by atoms with van der Waals surface area (Å²) in [6.45, 7) is 4.81. The molecule has 0 fully saturated rings. The largest absolute Gasteiger partial charge is 0.365 e. The number of nitrogens with zero attached hydrogens (tertiary/aromatic N) is 5. The molecule has 124 valence electrons. The third kappa shape index (κ3) is 2.58. The van der Waals surface area contributed by atoms with E-state index in [1.54, 1.807) is 16.8 Å². The summed E-state index contributed by atoms with van der Waals surface area (Å²) < 4.78 is 26.0. The standard InChI is InChI=1S/C16H16FN5O2/c1-9(2)15-18-16(24-20-15)14-12-8-23-13(7-22(12)21-19-14)10-3-5-11(17)6-4-10/h3-6,9,13H,7-8H2,1-2H3. The highest BCUT2D eigenvalue weighted by Crippen LogP contribution is 2.30. The van der Waals surface area contributed by atoms with Gasteiger partial charge in [-0.15, -0.1) is 5.10 Å². The van der Waals surface area contributed by atoms with E-state index in [0.29, 0.717) is 30.6 Å². The third-order valence-electron chi connectivity index (χ3n) is 4.00. The van der Waals surface area contributed by atoms with Crippen molar-refractivity contribution in [1.29, 1.82) is 0 Å². The number of hydrogen-bond acceptors (Lipinski definition) is 6. The maximum absolute atomic E-state index is 13.1. The van der Waals surface area contributed by atoms with Crippen LogP contribution in [0.4, 0.5) is 4.39 Å². The fourth-order valence-electron chi connectivity index (χ4n) is 2.62. The first-order valence-corrected chi connectivity index (χ1v) is 7.75. The Hall–Kier alpha value is -2.61. The number of aromatic nitrogens is 5. The van der Waals surface area contributed by atoms with Crippen molar-refractivity contribution < 1.29 is 13.7 Å². The minimum Gasteiger partial charge on any atom is -0.365 e. The molecule has 4 rings (SSSR count). The Morgan fingerprint density at radius 3 is 2.75 bits per heavy atom. The van der Waals surface area contributed by atoms with Crippen LogP contribution in [0.2, 0.25) is 0 Å². The monoisotopic (exact) mass is 329 g/mol. The van der Waals surface area contributed by atoms with Gasteiger partial charge in [0.15, 0.2) is 11.5 Å². The number of benzene rings is 1. The van der Waals surface area contributed by atoms with Crippen molar-refractivity contribution in [3.05, 3.63) is 47.2 Å². The highest BCUT2D eigenvalue weighted by atomic mass is 19.1. The quantitative estimate of drug-likeness (QED) is 0.735. The Bertz CT molecular complexity index is 856. The molecule has 0 bridgehead atoms. The lowest BCUT2D eigenvalue weighted by molar-refractivity contribution is -0.00120. The van der Waals surface area contributed by atoms with Crippen LogP contribution < -0.4 is 0 Å². The van der Waals surface area contributed by atoms with Gasteiger partial charge < -0.3 is 9.26 Å². The van der Waals surface area contributed by atoms with Crippen molar-refractivity contribution in [2.45, 2.75) is 39.0 Å². The van der Waals surface area contributed by atoms with Gasteiger partial charge in [0.2, 0.25) is 0 Å². The zero-order chi connectivity index (χ0) is 16.7. The molecule has 3 heterocycles. The van der Waals surface area contributed by atoms with Crippen LogP contribution in [0.15, 0.2) is 28.8 Å². The maximum atomic E-state index is 13.1. The summed E-state index contributed by atoms with van der Waals surface area (Å²) in [5.41, 5.74) is 2.25. The van der Waals surface area contributed by atoms with Crippen LogP contribution in [0.3, 0.4) is 0 Å². The lowest BCUT2D eigenvalue weighted by Crippen LogP contribution is -2.22. The number of fused-ring (bicyclic) bond motifs is 1. The topological polar surface area (TPSA) is 78.9 Å². The van der Waals surface area contributed by atoms with E-state index < -0.39 is 0 Å². The molecule has 0 saturated carbocycles. The van der Waals surface area contributed by atoms with E-state index in [0.717, 1.165) is 11.3 Å². The molecule has 8 heteroatoms. The molecule has 0 saturated heterocycles. The minimum absolute atomic E-state index is 0.174. The van der Waals surface area contributed by atoms with Crippen LogP contribution in [0, 0.1) is 5.82 Å². The summed E-state index contributed by atoms with van der Waals surface area (Å²) in [4.78, 5) is 4.36. The molecule has 3 aromatic rings. The first-order chi connectivity index (χ1) is 11.6. The van der Waals surface area contributed by atoms with Crippen molar-refractivity contribution in [2.75, 3.05) is 0 Å². The molecule has 1 atom stereocenters. The summed E-state index contributed by atoms with van der Waals surface area (Å²) >= 11 is 0. The second-order valence-electron chi connectivity index (χ2n) is 6.03. The van der Waals surface area contributed by atoms with Gasteiger partial charge in [-0.1, -0.05) is 36.4 Å². The number of hydrogen-bond donors (Lipinski definition) is 0. The van der Waals surface area contributed by atoms with Crippen LogP contribution in [0.1, 0.15) is 43.0 Å². The predicted octanol–water partition coefficient (Wildman–Crippen LogP) is 2.86. The highest BCUT2D eigenvalue weighted by Gasteiger charge is 2.28. The first-order valence-electron chi connectivity index (χ1n) is 7.75. The molecule has 0 N–H and O–H groups in total. The predicted molar refractivity (Wildman–Crippen MR) is 81.3 cm³/mol. The summed E-state index contributed by atoms with van der Waals surface area (Å²) in [6, 6.07) is 6.28. The van der Waals surface area contributed by atoms with Gasteiger partial charge in [-0.3, -0.25) is 0 Å². The molecule has 7 nitrogen and oxygen atoms in total. The number of ether oxygens (including phenoxy) is 1. The van der Waals surface area contributed by atoms with Gasteiger partial charge in [0.05, 0.1) is 18.8 Å². The van der Waals surface area contributed by atoms with Crippen LogP contribution in [-0.4, -0.2) is 25.1 Å². The molecule has 2 aromatic heterocycles. The molecule has 0 radical (unpaired) electrons. The molecule has 1 aliphatic heterocycles. The van der Waals surface area contributed by atoms with E-state index in [1.807, 2.05) is 13.8 Å². The Morgan fingerprint density at radius 2 is 2.04 bits per heavy atom. The first kappa shape index (κ1) is 14.9. The van der Waals surface area contributed by atoms with E-state index in [1.165, 1.54) is 12.1 Å². The minimum atomic E-state index is -0.268. The molecule has 0 aliphatic carbocycles. The van der Waals surface area contributed by atoms with Gasteiger partial charge in [-0.25, -0.2) is 9.07 Å². The Kier molecular flexibility index (Phi) is 3.61. The molecule has 0 spiro atoms. The van der Waals surface area contributed by atoms with Crippen LogP contribution in [0.25, 0.3) is 11.6 Å². The fraction of sp³-hybridized carbons (Fsp3) is 0.375. The molecular weight excluding hydrogens is 313 g/mol. The molecule has 0 amide bonds. The second-order valence-corrected chi connectivity index (χ2v) is 6.03. The van der Waals surface area contributed by atoms with Crippen molar-refractivity contribution in [3.63, 3.8) is 0 Å². The summed E-state index contributed by atoms with van der Waals surface area (Å²) in [7, 11) is 0. The van der Waals surface area contributed by atoms with E-state index >= 15 is 0 Å². The van der Waals surface area contributed by atoms with Crippen LogP contribution in [0.5, 0.6) is 0 Å². The fourth-order valence-corrected chi connectivity index (χ4v) is 2.62. The third-order valence-corrected chi connectivity index (χ3v) is 4.00. The SMILES string of the molecule is CC(C)c1noc(-c2nnn3c2COC(c2ccc(F)cc2)C3)n1. The van der Waals surface area contributed by atoms with Crippen molar-refractivity contribution in [1.82, 2.24) is 25.1 Å². The Balaban J connectivity index is 1.60. The Labute approximate surface area is 137 Å². The summed E-state index contributed by atoms with van der Waals surface area (Å²) in [5, 5.41) is 12.3. The molecule has 1 unspecified atom stereocenters. The smallest absolute Gasteiger partial charge is 0.280 e. The normalized spacial score (nSPS) is 17.2. The number of halogens is 1. The number of rotatable bonds is 3. The maximum Gasteiger partial charge on any atom is 0.280 e. The van der Waals surface area contributed by atoms with Crippen molar-refractivity contribution >= 4 is 0 Å². The lowest BCUT2D eigenvalue weighted by Gasteiger charge is -2.24. The molecule has 24 heavy (non-hydrogen) atoms. The Morgan fingerprint density at radius 1 is 1.25 bits per heavy atom. The van der Waals surface area contributed by atoms with Gasteiger partial charge in [-0.2, -0.15) is 4.98 Å². The van der Waals surface area contributed by atoms with Gasteiger partial charge in [0.25, 0.3) is 5.89 Å². The van der Waals surface area contributed by atoms with Gasteiger partial charge in [0.1, 0.15) is 11.9 Å². The summed E-state index contributed by atoms with van der Waals surface area (Å²) in [5.74, 6) is 0.889. The molecular formula is C16H16FN5O2. The van der Waals surface area contributed by atoms with Crippen LogP contribution in [-0.2, 0) is 17.9 Å². The summed E-state index contributed by atoms with van der Waals surface area (Å²) in [6.07, 6.45) is -0.193. The van der Waals surface area contributed by atoms with E-state index in [-0.39, 0.29) is 17.8 Å². The van der Waals surface area contributed by atoms with Crippen molar-refractivity contribution in [2.24, 2.45) is 0 Å². The van der Waals surface area contributed by atoms with Gasteiger partial charge in [0, 0.05) is 5.92 Å². The second kappa shape index (κ2) is 5.79.